The van der Waals surface area contributed by atoms with Crippen LogP contribution in [0.1, 0.15) is 22.5 Å². The van der Waals surface area contributed by atoms with E-state index >= 15 is 0 Å². The Morgan fingerprint density at radius 3 is 2.75 bits per heavy atom. The van der Waals surface area contributed by atoms with E-state index in [9.17, 15) is 0 Å². The van der Waals surface area contributed by atoms with Crippen molar-refractivity contribution in [2.75, 3.05) is 0 Å². The minimum Gasteiger partial charge on any atom is -0.306 e. The molecule has 4 heteroatoms. The van der Waals surface area contributed by atoms with Crippen molar-refractivity contribution in [2.24, 2.45) is 0 Å². The number of hydrogen-bond donors (Lipinski definition) is 1. The van der Waals surface area contributed by atoms with Crippen molar-refractivity contribution in [1.82, 2.24) is 19.9 Å². The van der Waals surface area contributed by atoms with Crippen molar-refractivity contribution in [1.29, 1.82) is 0 Å². The van der Waals surface area contributed by atoms with E-state index in [-0.39, 0.29) is 0 Å². The highest BCUT2D eigenvalue weighted by molar-refractivity contribution is 5.37. The Balaban J connectivity index is 1.66. The van der Waals surface area contributed by atoms with Gasteiger partial charge in [-0.3, -0.25) is 4.40 Å². The average molecular weight is 266 g/mol. The molecule has 0 amide bonds. The Morgan fingerprint density at radius 2 is 1.90 bits per heavy atom. The lowest BCUT2D eigenvalue weighted by molar-refractivity contribution is 0.656. The summed E-state index contributed by atoms with van der Waals surface area (Å²) in [7, 11) is 0. The fourth-order valence-electron chi connectivity index (χ4n) is 2.24. The Kier molecular flexibility index (Phi) is 3.48. The highest BCUT2D eigenvalue weighted by atomic mass is 15.3. The Morgan fingerprint density at radius 1 is 1.00 bits per heavy atom. The molecule has 0 aliphatic rings. The molecule has 0 spiro atoms. The predicted molar refractivity (Wildman–Crippen MR) is 79.4 cm³/mol. The SMILES string of the molecule is Cc1ccc(CNCc2nnc3ccccn23)cc1C. The molecule has 3 aromatic rings. The molecular weight excluding hydrogens is 248 g/mol. The molecule has 2 aromatic heterocycles. The van der Waals surface area contributed by atoms with E-state index in [2.05, 4.69) is 47.6 Å². The molecule has 20 heavy (non-hydrogen) atoms. The Hall–Kier alpha value is -2.20. The number of rotatable bonds is 4. The van der Waals surface area contributed by atoms with Crippen LogP contribution in [0.5, 0.6) is 0 Å². The van der Waals surface area contributed by atoms with Crippen LogP contribution in [-0.2, 0) is 13.1 Å². The third-order valence-electron chi connectivity index (χ3n) is 3.57. The zero-order valence-corrected chi connectivity index (χ0v) is 11.8. The lowest BCUT2D eigenvalue weighted by Crippen LogP contribution is -2.15. The van der Waals surface area contributed by atoms with Gasteiger partial charge >= 0.3 is 0 Å². The zero-order chi connectivity index (χ0) is 13.9. The maximum Gasteiger partial charge on any atom is 0.160 e. The van der Waals surface area contributed by atoms with Gasteiger partial charge in [0.2, 0.25) is 0 Å². The summed E-state index contributed by atoms with van der Waals surface area (Å²) in [6.07, 6.45) is 1.99. The van der Waals surface area contributed by atoms with Gasteiger partial charge in [-0.2, -0.15) is 0 Å². The van der Waals surface area contributed by atoms with E-state index in [1.165, 1.54) is 16.7 Å². The molecule has 2 heterocycles. The van der Waals surface area contributed by atoms with Gasteiger partial charge in [0.05, 0.1) is 6.54 Å². The molecule has 0 fully saturated rings. The number of benzene rings is 1. The highest BCUT2D eigenvalue weighted by Crippen LogP contribution is 2.10. The molecule has 0 aliphatic carbocycles. The van der Waals surface area contributed by atoms with Crippen molar-refractivity contribution < 1.29 is 0 Å². The molecule has 1 aromatic carbocycles. The highest BCUT2D eigenvalue weighted by Gasteiger charge is 2.03. The van der Waals surface area contributed by atoms with Gasteiger partial charge in [-0.1, -0.05) is 24.3 Å². The maximum absolute atomic E-state index is 4.21. The van der Waals surface area contributed by atoms with Gasteiger partial charge in [0, 0.05) is 12.7 Å². The molecule has 0 radical (unpaired) electrons. The number of nitrogens with zero attached hydrogens (tertiary/aromatic N) is 3. The molecule has 102 valence electrons. The van der Waals surface area contributed by atoms with Crippen LogP contribution in [0.15, 0.2) is 42.6 Å². The largest absolute Gasteiger partial charge is 0.306 e. The van der Waals surface area contributed by atoms with E-state index in [1.54, 1.807) is 0 Å². The maximum atomic E-state index is 4.21. The first kappa shape index (κ1) is 12.8. The summed E-state index contributed by atoms with van der Waals surface area (Å²) in [6, 6.07) is 12.5. The summed E-state index contributed by atoms with van der Waals surface area (Å²) < 4.78 is 2.01. The molecule has 0 saturated carbocycles. The molecule has 4 nitrogen and oxygen atoms in total. The van der Waals surface area contributed by atoms with Gasteiger partial charge < -0.3 is 5.32 Å². The number of nitrogens with one attached hydrogen (secondary N) is 1. The van der Waals surface area contributed by atoms with E-state index in [0.29, 0.717) is 6.54 Å². The standard InChI is InChI=1S/C16H18N4/c1-12-6-7-14(9-13(12)2)10-17-11-16-19-18-15-5-3-4-8-20(15)16/h3-9,17H,10-11H2,1-2H3. The zero-order valence-electron chi connectivity index (χ0n) is 11.8. The molecular formula is C16H18N4. The van der Waals surface area contributed by atoms with E-state index < -0.39 is 0 Å². The minimum atomic E-state index is 0.706. The fourth-order valence-corrected chi connectivity index (χ4v) is 2.24. The molecule has 1 N–H and O–H groups in total. The summed E-state index contributed by atoms with van der Waals surface area (Å²) in [5, 5.41) is 11.8. The molecule has 0 saturated heterocycles. The van der Waals surface area contributed by atoms with Crippen molar-refractivity contribution in [2.45, 2.75) is 26.9 Å². The molecule has 0 atom stereocenters. The summed E-state index contributed by atoms with van der Waals surface area (Å²) >= 11 is 0. The van der Waals surface area contributed by atoms with Crippen LogP contribution in [-0.4, -0.2) is 14.6 Å². The van der Waals surface area contributed by atoms with Crippen molar-refractivity contribution >= 4 is 5.65 Å². The van der Waals surface area contributed by atoms with Gasteiger partial charge in [-0.15, -0.1) is 10.2 Å². The van der Waals surface area contributed by atoms with E-state index in [1.807, 2.05) is 28.8 Å². The van der Waals surface area contributed by atoms with Gasteiger partial charge in [-0.25, -0.2) is 0 Å². The fraction of sp³-hybridized carbons (Fsp3) is 0.250. The van der Waals surface area contributed by atoms with Gasteiger partial charge in [-0.05, 0) is 42.7 Å². The second kappa shape index (κ2) is 5.43. The second-order valence-corrected chi connectivity index (χ2v) is 5.07. The smallest absolute Gasteiger partial charge is 0.160 e. The van der Waals surface area contributed by atoms with E-state index in [4.69, 9.17) is 0 Å². The van der Waals surface area contributed by atoms with E-state index in [0.717, 1.165) is 18.0 Å². The average Bonchev–Trinajstić information content (AvgIpc) is 2.86. The summed E-state index contributed by atoms with van der Waals surface area (Å²) in [6.45, 7) is 5.82. The Bertz CT molecular complexity index is 730. The second-order valence-electron chi connectivity index (χ2n) is 5.07. The van der Waals surface area contributed by atoms with Crippen molar-refractivity contribution in [3.8, 4) is 0 Å². The molecule has 0 aliphatic heterocycles. The van der Waals surface area contributed by atoms with Gasteiger partial charge in [0.15, 0.2) is 11.5 Å². The van der Waals surface area contributed by atoms with Crippen molar-refractivity contribution in [3.05, 3.63) is 65.1 Å². The van der Waals surface area contributed by atoms with Crippen LogP contribution in [0, 0.1) is 13.8 Å². The predicted octanol–water partition coefficient (Wildman–Crippen LogP) is 2.64. The Labute approximate surface area is 118 Å². The number of pyridine rings is 1. The quantitative estimate of drug-likeness (QED) is 0.789. The topological polar surface area (TPSA) is 42.2 Å². The van der Waals surface area contributed by atoms with Crippen LogP contribution >= 0.6 is 0 Å². The third kappa shape index (κ3) is 2.56. The lowest BCUT2D eigenvalue weighted by Gasteiger charge is -2.06. The van der Waals surface area contributed by atoms with Gasteiger partial charge in [0.1, 0.15) is 0 Å². The van der Waals surface area contributed by atoms with Crippen LogP contribution in [0.3, 0.4) is 0 Å². The summed E-state index contributed by atoms with van der Waals surface area (Å²) in [4.78, 5) is 0. The molecule has 0 unspecified atom stereocenters. The molecule has 3 rings (SSSR count). The van der Waals surface area contributed by atoms with Crippen LogP contribution < -0.4 is 5.32 Å². The monoisotopic (exact) mass is 266 g/mol. The number of aromatic nitrogens is 3. The number of aryl methyl sites for hydroxylation is 2. The van der Waals surface area contributed by atoms with Crippen molar-refractivity contribution in [3.63, 3.8) is 0 Å². The first-order valence-electron chi connectivity index (χ1n) is 6.79. The first-order valence-corrected chi connectivity index (χ1v) is 6.79. The van der Waals surface area contributed by atoms with Crippen LogP contribution in [0.4, 0.5) is 0 Å². The minimum absolute atomic E-state index is 0.706. The third-order valence-corrected chi connectivity index (χ3v) is 3.57. The number of fused-ring (bicyclic) bond motifs is 1. The molecule has 0 bridgehead atoms. The van der Waals surface area contributed by atoms with Crippen LogP contribution in [0.2, 0.25) is 0 Å². The lowest BCUT2D eigenvalue weighted by atomic mass is 10.1. The first-order chi connectivity index (χ1) is 9.74. The summed E-state index contributed by atoms with van der Waals surface area (Å²) in [5.41, 5.74) is 4.84. The number of hydrogen-bond acceptors (Lipinski definition) is 3. The normalized spacial score (nSPS) is 11.1. The summed E-state index contributed by atoms with van der Waals surface area (Å²) in [5.74, 6) is 0.935. The van der Waals surface area contributed by atoms with Crippen LogP contribution in [0.25, 0.3) is 5.65 Å². The van der Waals surface area contributed by atoms with Gasteiger partial charge in [0.25, 0.3) is 0 Å².